The van der Waals surface area contributed by atoms with Crippen LogP contribution >= 0.6 is 23.1 Å². The van der Waals surface area contributed by atoms with Crippen molar-refractivity contribution < 1.29 is 14.8 Å². The molecular weight excluding hydrogens is 448 g/mol. The van der Waals surface area contributed by atoms with E-state index in [2.05, 4.69) is 80.5 Å². The van der Waals surface area contributed by atoms with Crippen molar-refractivity contribution in [1.82, 2.24) is 0 Å². The third-order valence-electron chi connectivity index (χ3n) is 6.37. The van der Waals surface area contributed by atoms with Crippen molar-refractivity contribution in [1.29, 1.82) is 0 Å². The first-order valence-corrected chi connectivity index (χ1v) is 13.1. The van der Waals surface area contributed by atoms with Crippen molar-refractivity contribution in [3.05, 3.63) is 68.2 Å². The fraction of sp³-hybridized carbons (Fsp3) is 0.370. The van der Waals surface area contributed by atoms with Gasteiger partial charge in [0.1, 0.15) is 11.3 Å². The zero-order valence-corrected chi connectivity index (χ0v) is 21.7. The molecule has 2 aromatic carbocycles. The molecule has 0 bridgehead atoms. The first kappa shape index (κ1) is 24.0. The van der Waals surface area contributed by atoms with E-state index in [0.717, 1.165) is 16.5 Å². The molecule has 0 amide bonds. The molecule has 33 heavy (non-hydrogen) atoms. The predicted molar refractivity (Wildman–Crippen MR) is 141 cm³/mol. The highest BCUT2D eigenvalue weighted by atomic mass is 32.2. The molecule has 1 aliphatic heterocycles. The van der Waals surface area contributed by atoms with Crippen LogP contribution in [0.4, 0.5) is 5.69 Å². The van der Waals surface area contributed by atoms with E-state index in [0.29, 0.717) is 13.1 Å². The van der Waals surface area contributed by atoms with Crippen molar-refractivity contribution in [2.24, 2.45) is 0 Å². The summed E-state index contributed by atoms with van der Waals surface area (Å²) in [6, 6.07) is 8.97. The molecule has 3 aromatic rings. The Bertz CT molecular complexity index is 1260. The van der Waals surface area contributed by atoms with Crippen molar-refractivity contribution in [3.8, 4) is 0 Å². The van der Waals surface area contributed by atoms with Gasteiger partial charge in [-0.25, -0.2) is 0 Å². The quantitative estimate of drug-likeness (QED) is 0.428. The number of hydrogen-bond donors (Lipinski definition) is 2. The number of allylic oxidation sites excluding steroid dienone is 2. The minimum atomic E-state index is 0.112. The molecule has 6 heteroatoms. The van der Waals surface area contributed by atoms with Gasteiger partial charge in [0.15, 0.2) is 6.54 Å². The van der Waals surface area contributed by atoms with E-state index in [1.54, 1.807) is 23.1 Å². The van der Waals surface area contributed by atoms with Gasteiger partial charge in [0, 0.05) is 23.6 Å². The molecule has 0 radical (unpaired) electrons. The minimum absolute atomic E-state index is 0.112. The number of fused-ring (bicyclic) bond motifs is 2. The van der Waals surface area contributed by atoms with Gasteiger partial charge in [-0.05, 0) is 86.2 Å². The highest BCUT2D eigenvalue weighted by molar-refractivity contribution is 8.03. The van der Waals surface area contributed by atoms with E-state index in [4.69, 9.17) is 0 Å². The van der Waals surface area contributed by atoms with E-state index >= 15 is 0 Å². The Morgan fingerprint density at radius 2 is 1.67 bits per heavy atom. The number of nitrogens with zero attached hydrogens (tertiary/aromatic N) is 2. The van der Waals surface area contributed by atoms with Crippen LogP contribution < -0.4 is 9.47 Å². The Labute approximate surface area is 204 Å². The Hall–Kier alpha value is -2.12. The fourth-order valence-corrected chi connectivity index (χ4v) is 6.64. The molecule has 0 atom stereocenters. The summed E-state index contributed by atoms with van der Waals surface area (Å²) in [5.41, 5.74) is 8.71. The fourth-order valence-electron chi connectivity index (χ4n) is 4.15. The second kappa shape index (κ2) is 10.0. The molecule has 0 saturated heterocycles. The normalized spacial score (nSPS) is 15.2. The molecule has 2 heterocycles. The highest BCUT2D eigenvalue weighted by Crippen LogP contribution is 2.47. The molecular formula is C27H33N2O2S2+. The van der Waals surface area contributed by atoms with Crippen LogP contribution in [0.3, 0.4) is 0 Å². The Morgan fingerprint density at radius 3 is 2.36 bits per heavy atom. The lowest BCUT2D eigenvalue weighted by Gasteiger charge is -2.20. The van der Waals surface area contributed by atoms with Crippen molar-refractivity contribution in [2.45, 2.75) is 52.5 Å². The van der Waals surface area contributed by atoms with E-state index in [1.807, 2.05) is 0 Å². The van der Waals surface area contributed by atoms with Crippen molar-refractivity contribution in [3.63, 3.8) is 0 Å². The van der Waals surface area contributed by atoms with Gasteiger partial charge in [-0.2, -0.15) is 4.57 Å². The van der Waals surface area contributed by atoms with Gasteiger partial charge in [0.05, 0.1) is 17.3 Å². The van der Waals surface area contributed by atoms with Gasteiger partial charge in [0.25, 0.3) is 5.01 Å². The maximum Gasteiger partial charge on any atom is 0.263 e. The number of aliphatic hydroxyl groups excluding tert-OH is 2. The molecule has 0 saturated carbocycles. The number of thiazole rings is 1. The summed E-state index contributed by atoms with van der Waals surface area (Å²) >= 11 is 3.55. The summed E-state index contributed by atoms with van der Waals surface area (Å²) in [5, 5.41) is 21.7. The number of aromatic nitrogens is 1. The molecule has 1 aromatic heterocycles. The number of aliphatic hydroxyl groups is 2. The Kier molecular flexibility index (Phi) is 7.29. The second-order valence-electron chi connectivity index (χ2n) is 8.66. The van der Waals surface area contributed by atoms with Crippen LogP contribution in [0.5, 0.6) is 0 Å². The van der Waals surface area contributed by atoms with Crippen LogP contribution in [0.25, 0.3) is 16.3 Å². The van der Waals surface area contributed by atoms with Gasteiger partial charge < -0.3 is 15.1 Å². The maximum atomic E-state index is 9.72. The van der Waals surface area contributed by atoms with Crippen molar-refractivity contribution in [2.75, 3.05) is 24.7 Å². The number of aryl methyl sites for hydroxylation is 4. The summed E-state index contributed by atoms with van der Waals surface area (Å²) in [5.74, 6) is 0. The molecule has 1 aliphatic rings. The third kappa shape index (κ3) is 4.76. The van der Waals surface area contributed by atoms with Crippen LogP contribution in [0.15, 0.2) is 45.8 Å². The number of hydrogen-bond acceptors (Lipinski definition) is 5. The number of β-amino-alcohol motifs (C(OH)–C–C–N with tert-alkyl or cyclic N) is 1. The monoisotopic (exact) mass is 481 g/mol. The topological polar surface area (TPSA) is 47.6 Å². The molecule has 4 nitrogen and oxygen atoms in total. The molecule has 0 spiro atoms. The third-order valence-corrected chi connectivity index (χ3v) is 8.56. The summed E-state index contributed by atoms with van der Waals surface area (Å²) in [6.45, 7) is 12.1. The zero-order valence-electron chi connectivity index (χ0n) is 20.1. The lowest BCUT2D eigenvalue weighted by molar-refractivity contribution is -0.670. The smallest absolute Gasteiger partial charge is 0.263 e. The molecule has 0 aliphatic carbocycles. The Balaban J connectivity index is 1.78. The van der Waals surface area contributed by atoms with Gasteiger partial charge in [-0.15, -0.1) is 0 Å². The van der Waals surface area contributed by atoms with E-state index in [1.165, 1.54) is 48.6 Å². The second-order valence-corrected chi connectivity index (χ2v) is 10.8. The molecule has 4 rings (SSSR count). The summed E-state index contributed by atoms with van der Waals surface area (Å²) in [6.07, 6.45) is 5.42. The van der Waals surface area contributed by atoms with Crippen LogP contribution in [0.2, 0.25) is 0 Å². The van der Waals surface area contributed by atoms with Gasteiger partial charge >= 0.3 is 0 Å². The van der Waals surface area contributed by atoms with E-state index in [9.17, 15) is 10.2 Å². The number of benzene rings is 2. The van der Waals surface area contributed by atoms with Crippen LogP contribution in [0, 0.1) is 27.7 Å². The van der Waals surface area contributed by atoms with Crippen LogP contribution in [-0.2, 0) is 6.54 Å². The Morgan fingerprint density at radius 1 is 0.970 bits per heavy atom. The van der Waals surface area contributed by atoms with Gasteiger partial charge in [-0.3, -0.25) is 0 Å². The summed E-state index contributed by atoms with van der Waals surface area (Å²) in [7, 11) is 0. The van der Waals surface area contributed by atoms with Crippen molar-refractivity contribution >= 4 is 45.1 Å². The number of thioether (sulfide) groups is 1. The first-order valence-electron chi connectivity index (χ1n) is 11.5. The zero-order chi connectivity index (χ0) is 23.7. The van der Waals surface area contributed by atoms with E-state index in [-0.39, 0.29) is 13.2 Å². The lowest BCUT2D eigenvalue weighted by Crippen LogP contribution is -2.36. The number of rotatable bonds is 7. The summed E-state index contributed by atoms with van der Waals surface area (Å²) in [4.78, 5) is 3.48. The molecule has 174 valence electrons. The standard InChI is InChI=1S/C27H33N2O2S2/c1-6-21(15-26-28(7-9-30)22-11-17(2)19(4)13-24(22)32-26)16-27-29(8-10-31)23-12-18(3)20(5)14-25(23)33-27/h11-16,30-31H,6-10H2,1-5H3/q+1. The average Bonchev–Trinajstić information content (AvgIpc) is 3.26. The van der Waals surface area contributed by atoms with Crippen LogP contribution in [-0.4, -0.2) is 30.0 Å². The summed E-state index contributed by atoms with van der Waals surface area (Å²) < 4.78 is 3.48. The highest BCUT2D eigenvalue weighted by Gasteiger charge is 2.26. The van der Waals surface area contributed by atoms with Gasteiger partial charge in [0.2, 0.25) is 5.52 Å². The lowest BCUT2D eigenvalue weighted by atomic mass is 10.1. The first-order chi connectivity index (χ1) is 15.9. The van der Waals surface area contributed by atoms with Gasteiger partial charge in [-0.1, -0.05) is 30.0 Å². The molecule has 2 N–H and O–H groups in total. The number of anilines is 1. The van der Waals surface area contributed by atoms with E-state index < -0.39 is 0 Å². The minimum Gasteiger partial charge on any atom is -0.395 e. The SMILES string of the molecule is CCC(/C=C1\Sc2cc(C)c(C)cc2N1CCO)=C\c1sc2cc(C)c(C)cc2[n+]1CCO. The largest absolute Gasteiger partial charge is 0.395 e. The maximum absolute atomic E-state index is 9.72. The average molecular weight is 482 g/mol. The molecule has 0 unspecified atom stereocenters. The predicted octanol–water partition coefficient (Wildman–Crippen LogP) is 5.65. The molecule has 0 fully saturated rings. The van der Waals surface area contributed by atoms with Crippen LogP contribution in [0.1, 0.15) is 40.6 Å².